The Labute approximate surface area is 126 Å². The highest BCUT2D eigenvalue weighted by atomic mass is 16.5. The van der Waals surface area contributed by atoms with Gasteiger partial charge in [-0.25, -0.2) is 0 Å². The van der Waals surface area contributed by atoms with E-state index in [-0.39, 0.29) is 0 Å². The number of para-hydroxylation sites is 1. The van der Waals surface area contributed by atoms with Gasteiger partial charge in [0.05, 0.1) is 12.7 Å². The number of aryl methyl sites for hydroxylation is 1. The highest BCUT2D eigenvalue weighted by Crippen LogP contribution is 2.26. The van der Waals surface area contributed by atoms with E-state index >= 15 is 0 Å². The molecule has 3 nitrogen and oxygen atoms in total. The molecule has 112 valence electrons. The predicted octanol–water partition coefficient (Wildman–Crippen LogP) is 4.03. The van der Waals surface area contributed by atoms with Crippen molar-refractivity contribution < 1.29 is 14.6 Å². The molecule has 2 rings (SSSR count). The largest absolute Gasteiger partial charge is 0.493 e. The van der Waals surface area contributed by atoms with Crippen LogP contribution in [-0.2, 0) is 6.61 Å². The van der Waals surface area contributed by atoms with Crippen molar-refractivity contribution in [2.75, 3.05) is 6.61 Å². The molecule has 1 unspecified atom stereocenters. The van der Waals surface area contributed by atoms with Crippen molar-refractivity contribution in [2.24, 2.45) is 0 Å². The van der Waals surface area contributed by atoms with E-state index in [9.17, 15) is 5.11 Å². The number of aliphatic hydroxyl groups is 1. The first-order valence-corrected chi connectivity index (χ1v) is 7.24. The minimum absolute atomic E-state index is 0.417. The van der Waals surface area contributed by atoms with Gasteiger partial charge >= 0.3 is 0 Å². The molecule has 0 amide bonds. The molecule has 2 aromatic carbocycles. The topological polar surface area (TPSA) is 38.7 Å². The molecule has 21 heavy (non-hydrogen) atoms. The summed E-state index contributed by atoms with van der Waals surface area (Å²) in [4.78, 5) is 0. The Bertz CT molecular complexity index is 591. The van der Waals surface area contributed by atoms with Gasteiger partial charge in [0.15, 0.2) is 0 Å². The fraction of sp³-hybridized carbons (Fsp3) is 0.333. The van der Waals surface area contributed by atoms with Crippen LogP contribution in [0.25, 0.3) is 0 Å². The van der Waals surface area contributed by atoms with E-state index in [1.165, 1.54) is 0 Å². The summed E-state index contributed by atoms with van der Waals surface area (Å²) in [5, 5.41) is 9.72. The van der Waals surface area contributed by atoms with Crippen molar-refractivity contribution in [1.29, 1.82) is 0 Å². The highest BCUT2D eigenvalue weighted by molar-refractivity contribution is 5.39. The van der Waals surface area contributed by atoms with E-state index in [2.05, 4.69) is 0 Å². The van der Waals surface area contributed by atoms with E-state index in [0.29, 0.717) is 13.2 Å². The minimum Gasteiger partial charge on any atom is -0.493 e. The molecule has 0 aliphatic heterocycles. The lowest BCUT2D eigenvalue weighted by molar-refractivity contribution is 0.198. The molecule has 0 aliphatic carbocycles. The Morgan fingerprint density at radius 2 is 1.81 bits per heavy atom. The molecule has 0 radical (unpaired) electrons. The predicted molar refractivity (Wildman–Crippen MR) is 83.8 cm³/mol. The molecule has 0 aromatic heterocycles. The van der Waals surface area contributed by atoms with E-state index in [1.54, 1.807) is 6.92 Å². The molecule has 2 aromatic rings. The summed E-state index contributed by atoms with van der Waals surface area (Å²) in [7, 11) is 0. The van der Waals surface area contributed by atoms with Gasteiger partial charge < -0.3 is 14.6 Å². The second-order valence-electron chi connectivity index (χ2n) is 5.03. The van der Waals surface area contributed by atoms with Gasteiger partial charge in [0.1, 0.15) is 18.1 Å². The number of benzene rings is 2. The smallest absolute Gasteiger partial charge is 0.125 e. The Kier molecular flexibility index (Phi) is 5.23. The van der Waals surface area contributed by atoms with Crippen molar-refractivity contribution in [2.45, 2.75) is 33.5 Å². The summed E-state index contributed by atoms with van der Waals surface area (Å²) in [6.45, 7) is 6.74. The molecular weight excluding hydrogens is 264 g/mol. The molecule has 3 heteroatoms. The van der Waals surface area contributed by atoms with Crippen LogP contribution in [0.4, 0.5) is 0 Å². The lowest BCUT2D eigenvalue weighted by atomic mass is 10.1. The van der Waals surface area contributed by atoms with Gasteiger partial charge in [-0.2, -0.15) is 0 Å². The number of hydrogen-bond donors (Lipinski definition) is 1. The number of hydrogen-bond acceptors (Lipinski definition) is 3. The third kappa shape index (κ3) is 3.99. The van der Waals surface area contributed by atoms with Crippen LogP contribution in [0.15, 0.2) is 42.5 Å². The number of ether oxygens (including phenoxy) is 2. The average molecular weight is 286 g/mol. The quantitative estimate of drug-likeness (QED) is 0.871. The molecule has 0 bridgehead atoms. The van der Waals surface area contributed by atoms with Gasteiger partial charge in [-0.05, 0) is 50.1 Å². The summed E-state index contributed by atoms with van der Waals surface area (Å²) in [6.07, 6.45) is -0.502. The fourth-order valence-electron chi connectivity index (χ4n) is 2.14. The van der Waals surface area contributed by atoms with Crippen molar-refractivity contribution in [3.05, 3.63) is 59.2 Å². The number of rotatable bonds is 6. The second-order valence-corrected chi connectivity index (χ2v) is 5.03. The van der Waals surface area contributed by atoms with Crippen LogP contribution < -0.4 is 9.47 Å². The van der Waals surface area contributed by atoms with Crippen LogP contribution in [0, 0.1) is 6.92 Å². The maximum Gasteiger partial charge on any atom is 0.125 e. The first-order chi connectivity index (χ1) is 10.1. The second kappa shape index (κ2) is 7.14. The zero-order valence-electron chi connectivity index (χ0n) is 12.8. The van der Waals surface area contributed by atoms with E-state index in [0.717, 1.165) is 28.2 Å². The molecule has 1 atom stereocenters. The Morgan fingerprint density at radius 3 is 2.48 bits per heavy atom. The SMILES string of the molecule is CCOc1ccc(C(C)O)cc1COc1ccccc1C. The van der Waals surface area contributed by atoms with E-state index < -0.39 is 6.10 Å². The summed E-state index contributed by atoms with van der Waals surface area (Å²) < 4.78 is 11.5. The lowest BCUT2D eigenvalue weighted by Gasteiger charge is -2.15. The monoisotopic (exact) mass is 286 g/mol. The first-order valence-electron chi connectivity index (χ1n) is 7.24. The van der Waals surface area contributed by atoms with Crippen LogP contribution in [0.3, 0.4) is 0 Å². The summed E-state index contributed by atoms with van der Waals surface area (Å²) in [5.41, 5.74) is 2.91. The maximum absolute atomic E-state index is 9.72. The molecule has 0 saturated heterocycles. The summed E-state index contributed by atoms with van der Waals surface area (Å²) in [5.74, 6) is 1.66. The van der Waals surface area contributed by atoms with Crippen molar-refractivity contribution >= 4 is 0 Å². The summed E-state index contributed by atoms with van der Waals surface area (Å²) >= 11 is 0. The fourth-order valence-corrected chi connectivity index (χ4v) is 2.14. The van der Waals surface area contributed by atoms with Crippen molar-refractivity contribution in [1.82, 2.24) is 0 Å². The minimum atomic E-state index is -0.502. The molecule has 0 heterocycles. The third-order valence-electron chi connectivity index (χ3n) is 3.34. The van der Waals surface area contributed by atoms with Crippen LogP contribution >= 0.6 is 0 Å². The van der Waals surface area contributed by atoms with E-state index in [4.69, 9.17) is 9.47 Å². The molecule has 0 aliphatic rings. The standard InChI is InChI=1S/C18H22O3/c1-4-20-18-10-9-15(14(3)19)11-16(18)12-21-17-8-6-5-7-13(17)2/h5-11,14,19H,4,12H2,1-3H3. The molecule has 0 saturated carbocycles. The summed E-state index contributed by atoms with van der Waals surface area (Å²) in [6, 6.07) is 13.6. The van der Waals surface area contributed by atoms with Crippen LogP contribution in [0.1, 0.15) is 36.6 Å². The Morgan fingerprint density at radius 1 is 1.05 bits per heavy atom. The van der Waals surface area contributed by atoms with Gasteiger partial charge in [-0.1, -0.05) is 24.3 Å². The zero-order valence-corrected chi connectivity index (χ0v) is 12.8. The maximum atomic E-state index is 9.72. The zero-order chi connectivity index (χ0) is 15.2. The van der Waals surface area contributed by atoms with Gasteiger partial charge in [-0.3, -0.25) is 0 Å². The lowest BCUT2D eigenvalue weighted by Crippen LogP contribution is -2.03. The van der Waals surface area contributed by atoms with Crippen LogP contribution in [0.2, 0.25) is 0 Å². The molecule has 0 fully saturated rings. The Hall–Kier alpha value is -2.00. The first kappa shape index (κ1) is 15.4. The average Bonchev–Trinajstić information content (AvgIpc) is 2.47. The third-order valence-corrected chi connectivity index (χ3v) is 3.34. The highest BCUT2D eigenvalue weighted by Gasteiger charge is 2.09. The number of aliphatic hydroxyl groups excluding tert-OH is 1. The Balaban J connectivity index is 2.20. The normalized spacial score (nSPS) is 12.0. The van der Waals surface area contributed by atoms with Gasteiger partial charge in [-0.15, -0.1) is 0 Å². The van der Waals surface area contributed by atoms with Crippen molar-refractivity contribution in [3.8, 4) is 11.5 Å². The van der Waals surface area contributed by atoms with Crippen LogP contribution in [0.5, 0.6) is 11.5 Å². The van der Waals surface area contributed by atoms with Gasteiger partial charge in [0.25, 0.3) is 0 Å². The molecular formula is C18H22O3. The van der Waals surface area contributed by atoms with Gasteiger partial charge in [0.2, 0.25) is 0 Å². The molecule has 1 N–H and O–H groups in total. The van der Waals surface area contributed by atoms with Crippen molar-refractivity contribution in [3.63, 3.8) is 0 Å². The van der Waals surface area contributed by atoms with E-state index in [1.807, 2.05) is 56.3 Å². The molecule has 0 spiro atoms. The van der Waals surface area contributed by atoms with Gasteiger partial charge in [0, 0.05) is 5.56 Å². The van der Waals surface area contributed by atoms with Crippen LogP contribution in [-0.4, -0.2) is 11.7 Å².